The van der Waals surface area contributed by atoms with Crippen LogP contribution in [0.15, 0.2) is 51.7 Å². The first-order chi connectivity index (χ1) is 13.2. The van der Waals surface area contributed by atoms with Gasteiger partial charge in [0.15, 0.2) is 17.6 Å². The highest BCUT2D eigenvalue weighted by molar-refractivity contribution is 6.34. The predicted molar refractivity (Wildman–Crippen MR) is 95.4 cm³/mol. The fourth-order valence-corrected chi connectivity index (χ4v) is 2.72. The van der Waals surface area contributed by atoms with Gasteiger partial charge in [-0.25, -0.2) is 4.79 Å². The number of hydrogen-bond acceptors (Lipinski definition) is 5. The molecule has 3 aromatic rings. The zero-order valence-corrected chi connectivity index (χ0v) is 15.1. The fourth-order valence-electron chi connectivity index (χ4n) is 2.51. The van der Waals surface area contributed by atoms with E-state index in [0.717, 1.165) is 31.4 Å². The number of fused-ring (bicyclic) bond motifs is 1. The molecule has 3 rings (SSSR count). The normalized spacial score (nSPS) is 11.5. The minimum absolute atomic E-state index is 0.00208. The number of esters is 1. The van der Waals surface area contributed by atoms with Gasteiger partial charge in [0.1, 0.15) is 11.5 Å². The summed E-state index contributed by atoms with van der Waals surface area (Å²) in [5.41, 5.74) is -1.23. The average molecular weight is 413 g/mol. The van der Waals surface area contributed by atoms with Crippen LogP contribution in [-0.4, -0.2) is 19.7 Å². The number of ether oxygens (including phenoxy) is 2. The lowest BCUT2D eigenvalue weighted by molar-refractivity contribution is -0.145. The molecule has 0 saturated carbocycles. The lowest BCUT2D eigenvalue weighted by atomic mass is 10.1. The van der Waals surface area contributed by atoms with Crippen LogP contribution in [0.4, 0.5) is 13.2 Å². The van der Waals surface area contributed by atoms with Crippen LogP contribution in [0.3, 0.4) is 0 Å². The molecule has 1 heterocycles. The van der Waals surface area contributed by atoms with Crippen molar-refractivity contribution >= 4 is 28.5 Å². The van der Waals surface area contributed by atoms with Crippen molar-refractivity contribution < 1.29 is 31.9 Å². The fraction of sp³-hybridized carbons (Fsp3) is 0.158. The molecule has 0 saturated heterocycles. The Balaban J connectivity index is 2.12. The molecule has 0 spiro atoms. The van der Waals surface area contributed by atoms with Crippen molar-refractivity contribution in [3.05, 3.63) is 63.3 Å². The van der Waals surface area contributed by atoms with Gasteiger partial charge in [0.25, 0.3) is 0 Å². The Kier molecular flexibility index (Phi) is 5.33. The van der Waals surface area contributed by atoms with Crippen molar-refractivity contribution in [1.82, 2.24) is 0 Å². The highest BCUT2D eigenvalue weighted by Crippen LogP contribution is 2.39. The van der Waals surface area contributed by atoms with Crippen molar-refractivity contribution in [3.63, 3.8) is 0 Å². The van der Waals surface area contributed by atoms with E-state index in [0.29, 0.717) is 0 Å². The summed E-state index contributed by atoms with van der Waals surface area (Å²) in [5, 5.41) is 0.427. The molecule has 0 atom stereocenters. The number of benzene rings is 2. The minimum Gasteiger partial charge on any atom is -0.481 e. The third kappa shape index (κ3) is 3.96. The second-order valence-corrected chi connectivity index (χ2v) is 6.07. The Labute approximate surface area is 161 Å². The Bertz CT molecular complexity index is 1100. The molecule has 0 amide bonds. The van der Waals surface area contributed by atoms with Gasteiger partial charge in [0, 0.05) is 11.6 Å². The van der Waals surface area contributed by atoms with E-state index in [9.17, 15) is 22.8 Å². The summed E-state index contributed by atoms with van der Waals surface area (Å²) < 4.78 is 54.7. The maximum Gasteiger partial charge on any atom is 0.419 e. The van der Waals surface area contributed by atoms with E-state index in [1.807, 2.05) is 0 Å². The topological polar surface area (TPSA) is 65.7 Å². The average Bonchev–Trinajstić information content (AvgIpc) is 2.65. The van der Waals surface area contributed by atoms with Crippen LogP contribution < -0.4 is 10.2 Å². The summed E-state index contributed by atoms with van der Waals surface area (Å²) in [6.07, 6.45) is -4.71. The molecule has 0 aliphatic rings. The molecule has 0 aliphatic heterocycles. The summed E-state index contributed by atoms with van der Waals surface area (Å²) in [5.74, 6) is -1.44. The number of rotatable bonds is 4. The summed E-state index contributed by atoms with van der Waals surface area (Å²) in [4.78, 5) is 23.5. The molecule has 1 aromatic heterocycles. The molecule has 0 radical (unpaired) electrons. The first-order valence-corrected chi connectivity index (χ1v) is 8.22. The van der Waals surface area contributed by atoms with Crippen LogP contribution in [0.5, 0.6) is 5.75 Å². The molecule has 28 heavy (non-hydrogen) atoms. The third-order valence-electron chi connectivity index (χ3n) is 3.85. The Morgan fingerprint density at radius 1 is 1.18 bits per heavy atom. The lowest BCUT2D eigenvalue weighted by Gasteiger charge is -2.15. The SMILES string of the molecule is COC(=O)COc1cc(-c2cc(=O)c3cccc(Cl)c3o2)ccc1C(F)(F)F. The van der Waals surface area contributed by atoms with Crippen LogP contribution in [0.25, 0.3) is 22.3 Å². The molecule has 0 N–H and O–H groups in total. The summed E-state index contributed by atoms with van der Waals surface area (Å²) in [6.45, 7) is -0.712. The van der Waals surface area contributed by atoms with Gasteiger partial charge in [-0.15, -0.1) is 0 Å². The second-order valence-electron chi connectivity index (χ2n) is 5.66. The van der Waals surface area contributed by atoms with E-state index in [4.69, 9.17) is 20.8 Å². The Hall–Kier alpha value is -3.00. The van der Waals surface area contributed by atoms with Crippen LogP contribution >= 0.6 is 11.6 Å². The lowest BCUT2D eigenvalue weighted by Crippen LogP contribution is -2.15. The van der Waals surface area contributed by atoms with E-state index in [1.165, 1.54) is 12.1 Å². The highest BCUT2D eigenvalue weighted by atomic mass is 35.5. The monoisotopic (exact) mass is 412 g/mol. The molecule has 0 aliphatic carbocycles. The van der Waals surface area contributed by atoms with E-state index in [1.54, 1.807) is 6.07 Å². The summed E-state index contributed by atoms with van der Waals surface area (Å²) in [6, 6.07) is 8.71. The van der Waals surface area contributed by atoms with Crippen LogP contribution in [0.2, 0.25) is 5.02 Å². The van der Waals surface area contributed by atoms with E-state index in [-0.39, 0.29) is 27.3 Å². The number of hydrogen-bond donors (Lipinski definition) is 0. The standard InChI is InChI=1S/C19H12ClF3O5/c1-26-17(25)9-27-16-7-10(5-6-12(16)19(21,22)23)15-8-14(24)11-3-2-4-13(20)18(11)28-15/h2-8H,9H2,1H3. The smallest absolute Gasteiger partial charge is 0.419 e. The first kappa shape index (κ1) is 19.8. The predicted octanol–water partition coefficient (Wildman–Crippen LogP) is 4.68. The van der Waals surface area contributed by atoms with Gasteiger partial charge in [-0.1, -0.05) is 23.7 Å². The van der Waals surface area contributed by atoms with Gasteiger partial charge in [-0.3, -0.25) is 4.79 Å². The molecule has 9 heteroatoms. The van der Waals surface area contributed by atoms with Crippen molar-refractivity contribution in [1.29, 1.82) is 0 Å². The zero-order valence-electron chi connectivity index (χ0n) is 14.3. The van der Waals surface area contributed by atoms with Gasteiger partial charge < -0.3 is 13.9 Å². The van der Waals surface area contributed by atoms with Gasteiger partial charge in [-0.2, -0.15) is 13.2 Å². The van der Waals surface area contributed by atoms with E-state index in [2.05, 4.69) is 4.74 Å². The van der Waals surface area contributed by atoms with Gasteiger partial charge >= 0.3 is 12.1 Å². The van der Waals surface area contributed by atoms with E-state index < -0.39 is 35.5 Å². The molecule has 2 aromatic carbocycles. The molecule has 5 nitrogen and oxygen atoms in total. The van der Waals surface area contributed by atoms with Gasteiger partial charge in [0.2, 0.25) is 0 Å². The van der Waals surface area contributed by atoms with Crippen molar-refractivity contribution in [2.75, 3.05) is 13.7 Å². The molecule has 0 bridgehead atoms. The van der Waals surface area contributed by atoms with E-state index >= 15 is 0 Å². The summed E-state index contributed by atoms with van der Waals surface area (Å²) in [7, 11) is 1.08. The number of halogens is 4. The van der Waals surface area contributed by atoms with Crippen LogP contribution in [-0.2, 0) is 15.7 Å². The Morgan fingerprint density at radius 3 is 2.61 bits per heavy atom. The molecular weight excluding hydrogens is 401 g/mol. The van der Waals surface area contributed by atoms with Crippen molar-refractivity contribution in [2.45, 2.75) is 6.18 Å². The second kappa shape index (κ2) is 7.55. The number of carbonyl (C=O) groups is 1. The number of methoxy groups -OCH3 is 1. The van der Waals surface area contributed by atoms with Gasteiger partial charge in [-0.05, 0) is 24.3 Å². The van der Waals surface area contributed by atoms with Crippen molar-refractivity contribution in [2.24, 2.45) is 0 Å². The van der Waals surface area contributed by atoms with Gasteiger partial charge in [0.05, 0.1) is 23.1 Å². The van der Waals surface area contributed by atoms with Crippen molar-refractivity contribution in [3.8, 4) is 17.1 Å². The molecule has 0 unspecified atom stereocenters. The maximum absolute atomic E-state index is 13.2. The largest absolute Gasteiger partial charge is 0.481 e. The quantitative estimate of drug-likeness (QED) is 0.582. The van der Waals surface area contributed by atoms with Crippen LogP contribution in [0, 0.1) is 0 Å². The highest BCUT2D eigenvalue weighted by Gasteiger charge is 2.35. The number of carbonyl (C=O) groups excluding carboxylic acids is 1. The maximum atomic E-state index is 13.2. The summed E-state index contributed by atoms with van der Waals surface area (Å²) >= 11 is 6.05. The third-order valence-corrected chi connectivity index (χ3v) is 4.15. The number of para-hydroxylation sites is 1. The zero-order chi connectivity index (χ0) is 20.5. The Morgan fingerprint density at radius 2 is 1.93 bits per heavy atom. The molecule has 146 valence electrons. The van der Waals surface area contributed by atoms with Crippen LogP contribution in [0.1, 0.15) is 5.56 Å². The molecular formula is C19H12ClF3O5. The number of alkyl halides is 3. The minimum atomic E-state index is -4.71. The molecule has 0 fully saturated rings. The first-order valence-electron chi connectivity index (χ1n) is 7.84.